The molecule has 1 N–H and O–H groups in total. The molecule has 0 saturated heterocycles. The minimum Gasteiger partial charge on any atom is -0.449 e. The van der Waals surface area contributed by atoms with Gasteiger partial charge in [-0.05, 0) is 39.9 Å². The van der Waals surface area contributed by atoms with Gasteiger partial charge in [0.15, 0.2) is 6.29 Å². The fourth-order valence-electron chi connectivity index (χ4n) is 3.80. The van der Waals surface area contributed by atoms with E-state index in [-0.39, 0.29) is 30.9 Å². The van der Waals surface area contributed by atoms with Crippen LogP contribution in [0.25, 0.3) is 17.2 Å². The lowest BCUT2D eigenvalue weighted by Gasteiger charge is -2.14. The fourth-order valence-corrected chi connectivity index (χ4v) is 3.80. The van der Waals surface area contributed by atoms with Crippen molar-refractivity contribution in [3.8, 4) is 11.1 Å². The Balaban J connectivity index is 1.33. The van der Waals surface area contributed by atoms with Crippen LogP contribution in [0.5, 0.6) is 0 Å². The lowest BCUT2D eigenvalue weighted by molar-refractivity contribution is 0.111. The molecule has 3 aromatic rings. The van der Waals surface area contributed by atoms with Crippen LogP contribution in [0.15, 0.2) is 66.7 Å². The number of halogens is 2. The number of aldehydes is 1. The number of carbonyl (C=O) groups excluding carboxylic acids is 2. The Morgan fingerprint density at radius 2 is 1.55 bits per heavy atom. The summed E-state index contributed by atoms with van der Waals surface area (Å²) in [5.41, 5.74) is 4.19. The zero-order chi connectivity index (χ0) is 21.8. The zero-order valence-corrected chi connectivity index (χ0v) is 16.5. The number of hydrogen-bond donors (Lipinski definition) is 1. The largest absolute Gasteiger partial charge is 0.449 e. The molecule has 156 valence electrons. The number of nitrogens with one attached hydrogen (secondary N) is 1. The Kier molecular flexibility index (Phi) is 5.89. The predicted octanol–water partition coefficient (Wildman–Crippen LogP) is 5.33. The van der Waals surface area contributed by atoms with E-state index >= 15 is 0 Å². The minimum atomic E-state index is -0.931. The second-order valence-electron chi connectivity index (χ2n) is 7.12. The summed E-state index contributed by atoms with van der Waals surface area (Å²) in [6, 6.07) is 18.2. The normalized spacial score (nSPS) is 12.5. The van der Waals surface area contributed by atoms with Crippen molar-refractivity contribution in [3.63, 3.8) is 0 Å². The summed E-state index contributed by atoms with van der Waals surface area (Å²) in [7, 11) is 0. The molecule has 4 nitrogen and oxygen atoms in total. The smallest absolute Gasteiger partial charge is 0.407 e. The van der Waals surface area contributed by atoms with Crippen LogP contribution in [0.1, 0.15) is 33.0 Å². The topological polar surface area (TPSA) is 55.4 Å². The number of rotatable bonds is 6. The van der Waals surface area contributed by atoms with Crippen LogP contribution in [0.4, 0.5) is 13.6 Å². The van der Waals surface area contributed by atoms with E-state index in [2.05, 4.69) is 17.4 Å². The molecular weight excluding hydrogens is 400 g/mol. The first-order chi connectivity index (χ1) is 15.1. The van der Waals surface area contributed by atoms with Gasteiger partial charge in [-0.15, -0.1) is 0 Å². The van der Waals surface area contributed by atoms with Crippen molar-refractivity contribution in [2.75, 3.05) is 13.2 Å². The minimum absolute atomic E-state index is 0.0315. The van der Waals surface area contributed by atoms with Crippen molar-refractivity contribution in [1.82, 2.24) is 5.32 Å². The van der Waals surface area contributed by atoms with Crippen molar-refractivity contribution >= 4 is 18.5 Å². The molecular formula is C25H19F2NO3. The lowest BCUT2D eigenvalue weighted by Crippen LogP contribution is -2.26. The maximum absolute atomic E-state index is 13.6. The molecule has 0 atom stereocenters. The molecule has 0 aliphatic heterocycles. The van der Waals surface area contributed by atoms with E-state index < -0.39 is 23.3 Å². The van der Waals surface area contributed by atoms with Gasteiger partial charge in [-0.2, -0.15) is 0 Å². The van der Waals surface area contributed by atoms with Crippen molar-refractivity contribution in [2.24, 2.45) is 0 Å². The highest BCUT2D eigenvalue weighted by Gasteiger charge is 2.28. The summed E-state index contributed by atoms with van der Waals surface area (Å²) in [6.45, 7) is 0.322. The molecule has 0 bridgehead atoms. The highest BCUT2D eigenvalue weighted by atomic mass is 19.1. The van der Waals surface area contributed by atoms with E-state index in [1.54, 1.807) is 0 Å². The summed E-state index contributed by atoms with van der Waals surface area (Å²) in [5, 5.41) is 2.58. The molecule has 0 saturated carbocycles. The summed E-state index contributed by atoms with van der Waals surface area (Å²) < 4.78 is 32.6. The maximum atomic E-state index is 13.6. The summed E-state index contributed by atoms with van der Waals surface area (Å²) in [4.78, 5) is 22.7. The third kappa shape index (κ3) is 4.23. The SMILES string of the molecule is O=Cc1c(F)cc(C=CCNC(=O)OCC2c3ccccc3-c3ccccc32)cc1F. The summed E-state index contributed by atoms with van der Waals surface area (Å²) in [6.07, 6.45) is 2.54. The average molecular weight is 419 g/mol. The molecule has 0 heterocycles. The number of hydrogen-bond acceptors (Lipinski definition) is 3. The zero-order valence-electron chi connectivity index (χ0n) is 16.5. The average Bonchev–Trinajstić information content (AvgIpc) is 3.09. The van der Waals surface area contributed by atoms with Crippen molar-refractivity contribution in [2.45, 2.75) is 5.92 Å². The fraction of sp³-hybridized carbons (Fsp3) is 0.120. The van der Waals surface area contributed by atoms with Crippen LogP contribution in [0.3, 0.4) is 0 Å². The van der Waals surface area contributed by atoms with Crippen LogP contribution in [-0.2, 0) is 4.74 Å². The molecule has 4 rings (SSSR count). The Morgan fingerprint density at radius 1 is 0.968 bits per heavy atom. The van der Waals surface area contributed by atoms with Gasteiger partial charge in [0.25, 0.3) is 0 Å². The molecule has 3 aromatic carbocycles. The van der Waals surface area contributed by atoms with Gasteiger partial charge in [0.05, 0.1) is 5.56 Å². The standard InChI is InChI=1S/C25H19F2NO3/c26-23-12-16(13-24(27)21(23)14-29)6-5-11-28-25(30)31-15-22-19-9-3-1-7-17(19)18-8-2-4-10-20(18)22/h1-10,12-14,22H,11,15H2,(H,28,30). The van der Waals surface area contributed by atoms with Crippen LogP contribution in [0.2, 0.25) is 0 Å². The molecule has 1 aliphatic carbocycles. The highest BCUT2D eigenvalue weighted by molar-refractivity contribution is 5.79. The molecule has 6 heteroatoms. The van der Waals surface area contributed by atoms with Gasteiger partial charge < -0.3 is 10.1 Å². The van der Waals surface area contributed by atoms with Gasteiger partial charge in [-0.1, -0.05) is 60.7 Å². The Morgan fingerprint density at radius 3 is 2.13 bits per heavy atom. The number of carbonyl (C=O) groups is 2. The molecule has 0 radical (unpaired) electrons. The molecule has 1 aliphatic rings. The second-order valence-corrected chi connectivity index (χ2v) is 7.12. The van der Waals surface area contributed by atoms with Crippen LogP contribution in [0, 0.1) is 11.6 Å². The van der Waals surface area contributed by atoms with E-state index in [0.29, 0.717) is 0 Å². The number of ether oxygens (including phenoxy) is 1. The van der Waals surface area contributed by atoms with E-state index in [0.717, 1.165) is 34.4 Å². The van der Waals surface area contributed by atoms with E-state index in [1.807, 2.05) is 36.4 Å². The quantitative estimate of drug-likeness (QED) is 0.550. The third-order valence-corrected chi connectivity index (χ3v) is 5.24. The Hall–Kier alpha value is -3.80. The first-order valence-corrected chi connectivity index (χ1v) is 9.78. The van der Waals surface area contributed by atoms with Gasteiger partial charge in [-0.25, -0.2) is 13.6 Å². The van der Waals surface area contributed by atoms with Gasteiger partial charge in [0.2, 0.25) is 0 Å². The predicted molar refractivity (Wildman–Crippen MR) is 114 cm³/mol. The monoisotopic (exact) mass is 419 g/mol. The molecule has 0 unspecified atom stereocenters. The first-order valence-electron chi connectivity index (χ1n) is 9.78. The number of benzene rings is 3. The van der Waals surface area contributed by atoms with E-state index in [4.69, 9.17) is 4.74 Å². The van der Waals surface area contributed by atoms with Gasteiger partial charge in [0, 0.05) is 12.5 Å². The second kappa shape index (κ2) is 8.92. The molecule has 31 heavy (non-hydrogen) atoms. The number of alkyl carbamates (subject to hydrolysis) is 1. The van der Waals surface area contributed by atoms with Crippen LogP contribution >= 0.6 is 0 Å². The van der Waals surface area contributed by atoms with Crippen molar-refractivity contribution in [1.29, 1.82) is 0 Å². The molecule has 0 spiro atoms. The summed E-state index contributed by atoms with van der Waals surface area (Å²) in [5.74, 6) is -1.89. The first kappa shape index (κ1) is 20.5. The molecule has 1 amide bonds. The van der Waals surface area contributed by atoms with Crippen LogP contribution in [-0.4, -0.2) is 25.5 Å². The molecule has 0 aromatic heterocycles. The molecule has 0 fully saturated rings. The number of fused-ring (bicyclic) bond motifs is 3. The Bertz CT molecular complexity index is 1100. The van der Waals surface area contributed by atoms with Gasteiger partial charge >= 0.3 is 6.09 Å². The highest BCUT2D eigenvalue weighted by Crippen LogP contribution is 2.44. The van der Waals surface area contributed by atoms with Gasteiger partial charge in [-0.3, -0.25) is 4.79 Å². The number of amides is 1. The summed E-state index contributed by atoms with van der Waals surface area (Å²) >= 11 is 0. The lowest BCUT2D eigenvalue weighted by atomic mass is 9.98. The third-order valence-electron chi connectivity index (χ3n) is 5.24. The van der Waals surface area contributed by atoms with E-state index in [1.165, 1.54) is 12.2 Å². The van der Waals surface area contributed by atoms with Crippen molar-refractivity contribution in [3.05, 3.63) is 101 Å². The van der Waals surface area contributed by atoms with Crippen molar-refractivity contribution < 1.29 is 23.1 Å². The maximum Gasteiger partial charge on any atom is 0.407 e. The van der Waals surface area contributed by atoms with Crippen LogP contribution < -0.4 is 5.32 Å². The van der Waals surface area contributed by atoms with E-state index in [9.17, 15) is 18.4 Å². The van der Waals surface area contributed by atoms with Gasteiger partial charge in [0.1, 0.15) is 18.2 Å². The Labute approximate surface area is 178 Å².